The van der Waals surface area contributed by atoms with Crippen molar-refractivity contribution < 1.29 is 23.7 Å². The summed E-state index contributed by atoms with van der Waals surface area (Å²) in [5.41, 5.74) is 1.88. The summed E-state index contributed by atoms with van der Waals surface area (Å²) in [4.78, 5) is 11.6. The van der Waals surface area contributed by atoms with Gasteiger partial charge in [-0.25, -0.2) is 4.79 Å². The standard InChI is InChI=1S/C20H24O5/c1-14(25-15(2)20(21)23-4)17-11-8-12-18(19(17)22-3)24-13-16-9-6-5-7-10-16/h5-12,14-15H,13H2,1-4H3/t14?,15-/m1/s1. The van der Waals surface area contributed by atoms with Crippen molar-refractivity contribution in [3.05, 3.63) is 59.7 Å². The third kappa shape index (κ3) is 4.97. The monoisotopic (exact) mass is 344 g/mol. The van der Waals surface area contributed by atoms with Gasteiger partial charge in [-0.1, -0.05) is 42.5 Å². The fourth-order valence-electron chi connectivity index (χ4n) is 2.52. The average molecular weight is 344 g/mol. The number of rotatable bonds is 8. The van der Waals surface area contributed by atoms with Crippen molar-refractivity contribution in [1.82, 2.24) is 0 Å². The first-order valence-corrected chi connectivity index (χ1v) is 8.13. The van der Waals surface area contributed by atoms with Crippen molar-refractivity contribution in [2.45, 2.75) is 32.7 Å². The van der Waals surface area contributed by atoms with E-state index in [-0.39, 0.29) is 6.10 Å². The molecule has 2 aromatic carbocycles. The number of hydrogen-bond acceptors (Lipinski definition) is 5. The summed E-state index contributed by atoms with van der Waals surface area (Å²) in [6, 6.07) is 15.5. The maximum atomic E-state index is 11.6. The lowest BCUT2D eigenvalue weighted by atomic mass is 10.1. The zero-order chi connectivity index (χ0) is 18.2. The Bertz CT molecular complexity index is 684. The Labute approximate surface area is 148 Å². The second-order valence-electron chi connectivity index (χ2n) is 5.60. The van der Waals surface area contributed by atoms with Crippen LogP contribution >= 0.6 is 0 Å². The maximum absolute atomic E-state index is 11.6. The highest BCUT2D eigenvalue weighted by atomic mass is 16.6. The van der Waals surface area contributed by atoms with Crippen LogP contribution in [0.15, 0.2) is 48.5 Å². The third-order valence-electron chi connectivity index (χ3n) is 3.83. The number of hydrogen-bond donors (Lipinski definition) is 0. The molecular formula is C20H24O5. The fraction of sp³-hybridized carbons (Fsp3) is 0.350. The van der Waals surface area contributed by atoms with Crippen LogP contribution in [-0.2, 0) is 20.9 Å². The first kappa shape index (κ1) is 18.8. The minimum absolute atomic E-state index is 0.357. The molecule has 25 heavy (non-hydrogen) atoms. The summed E-state index contributed by atoms with van der Waals surface area (Å²) in [6.07, 6.45) is -1.03. The molecule has 0 aliphatic carbocycles. The molecule has 5 nitrogen and oxygen atoms in total. The normalized spacial score (nSPS) is 13.0. The molecule has 0 spiro atoms. The molecule has 0 amide bonds. The van der Waals surface area contributed by atoms with Crippen LogP contribution in [0.25, 0.3) is 0 Å². The van der Waals surface area contributed by atoms with Crippen LogP contribution in [-0.4, -0.2) is 26.3 Å². The van der Waals surface area contributed by atoms with E-state index >= 15 is 0 Å². The molecule has 134 valence electrons. The Hall–Kier alpha value is -2.53. The van der Waals surface area contributed by atoms with Gasteiger partial charge in [0, 0.05) is 5.56 Å². The van der Waals surface area contributed by atoms with Gasteiger partial charge < -0.3 is 18.9 Å². The second kappa shape index (κ2) is 9.08. The highest BCUT2D eigenvalue weighted by molar-refractivity contribution is 5.74. The number of benzene rings is 2. The Balaban J connectivity index is 2.15. The van der Waals surface area contributed by atoms with Gasteiger partial charge in [0.1, 0.15) is 6.61 Å². The molecule has 0 N–H and O–H groups in total. The molecule has 2 atom stereocenters. The number of ether oxygens (including phenoxy) is 4. The number of esters is 1. The van der Waals surface area contributed by atoms with Gasteiger partial charge in [-0.2, -0.15) is 0 Å². The summed E-state index contributed by atoms with van der Waals surface area (Å²) in [5.74, 6) is 0.815. The lowest BCUT2D eigenvalue weighted by Gasteiger charge is -2.21. The van der Waals surface area contributed by atoms with Crippen LogP contribution in [0.5, 0.6) is 11.5 Å². The van der Waals surface area contributed by atoms with E-state index in [0.29, 0.717) is 18.1 Å². The van der Waals surface area contributed by atoms with Crippen LogP contribution in [0.2, 0.25) is 0 Å². The largest absolute Gasteiger partial charge is 0.492 e. The van der Waals surface area contributed by atoms with Crippen LogP contribution in [0.4, 0.5) is 0 Å². The van der Waals surface area contributed by atoms with Crippen molar-refractivity contribution in [3.8, 4) is 11.5 Å². The van der Waals surface area contributed by atoms with Crippen LogP contribution < -0.4 is 9.47 Å². The molecule has 0 heterocycles. The number of carbonyl (C=O) groups is 1. The Morgan fingerprint density at radius 2 is 1.72 bits per heavy atom. The van der Waals surface area contributed by atoms with Crippen molar-refractivity contribution in [2.75, 3.05) is 14.2 Å². The third-order valence-corrected chi connectivity index (χ3v) is 3.83. The van der Waals surface area contributed by atoms with E-state index in [1.165, 1.54) is 7.11 Å². The van der Waals surface area contributed by atoms with E-state index in [1.807, 2.05) is 55.5 Å². The Morgan fingerprint density at radius 1 is 1.00 bits per heavy atom. The molecule has 2 rings (SSSR count). The molecule has 0 bridgehead atoms. The predicted octanol–water partition coefficient (Wildman–Crippen LogP) is 3.91. The number of carbonyl (C=O) groups excluding carboxylic acids is 1. The Kier molecular flexibility index (Phi) is 6.83. The Morgan fingerprint density at radius 3 is 2.36 bits per heavy atom. The maximum Gasteiger partial charge on any atom is 0.334 e. The van der Waals surface area contributed by atoms with Gasteiger partial charge in [0.05, 0.1) is 20.3 Å². The van der Waals surface area contributed by atoms with E-state index < -0.39 is 12.1 Å². The zero-order valence-corrected chi connectivity index (χ0v) is 15.0. The first-order valence-electron chi connectivity index (χ1n) is 8.13. The lowest BCUT2D eigenvalue weighted by Crippen LogP contribution is -2.23. The molecule has 1 unspecified atom stereocenters. The number of methoxy groups -OCH3 is 2. The van der Waals surface area contributed by atoms with E-state index in [0.717, 1.165) is 11.1 Å². The van der Waals surface area contributed by atoms with Gasteiger partial charge in [-0.05, 0) is 25.5 Å². The van der Waals surface area contributed by atoms with Crippen molar-refractivity contribution in [3.63, 3.8) is 0 Å². The fourth-order valence-corrected chi connectivity index (χ4v) is 2.52. The molecule has 2 aromatic rings. The summed E-state index contributed by atoms with van der Waals surface area (Å²) < 4.78 is 21.9. The highest BCUT2D eigenvalue weighted by Crippen LogP contribution is 2.36. The van der Waals surface area contributed by atoms with Crippen LogP contribution in [0.1, 0.15) is 31.1 Å². The summed E-state index contributed by atoms with van der Waals surface area (Å²) in [6.45, 7) is 3.96. The smallest absolute Gasteiger partial charge is 0.334 e. The summed E-state index contributed by atoms with van der Waals surface area (Å²) in [7, 11) is 2.93. The molecule has 0 saturated heterocycles. The molecule has 0 aromatic heterocycles. The molecule has 0 aliphatic heterocycles. The minimum Gasteiger partial charge on any atom is -0.492 e. The highest BCUT2D eigenvalue weighted by Gasteiger charge is 2.22. The van der Waals surface area contributed by atoms with E-state index in [9.17, 15) is 4.79 Å². The first-order chi connectivity index (χ1) is 12.1. The molecule has 0 aliphatic rings. The van der Waals surface area contributed by atoms with Crippen molar-refractivity contribution in [1.29, 1.82) is 0 Å². The SMILES string of the molecule is COC(=O)[C@@H](C)OC(C)c1cccc(OCc2ccccc2)c1OC. The van der Waals surface area contributed by atoms with Crippen molar-refractivity contribution in [2.24, 2.45) is 0 Å². The van der Waals surface area contributed by atoms with Gasteiger partial charge in [0.25, 0.3) is 0 Å². The van der Waals surface area contributed by atoms with E-state index in [2.05, 4.69) is 0 Å². The van der Waals surface area contributed by atoms with E-state index in [4.69, 9.17) is 18.9 Å². The summed E-state index contributed by atoms with van der Waals surface area (Å²) >= 11 is 0. The van der Waals surface area contributed by atoms with Crippen LogP contribution in [0.3, 0.4) is 0 Å². The molecular weight excluding hydrogens is 320 g/mol. The van der Waals surface area contributed by atoms with Gasteiger partial charge in [-0.3, -0.25) is 0 Å². The van der Waals surface area contributed by atoms with Gasteiger partial charge in [0.2, 0.25) is 0 Å². The van der Waals surface area contributed by atoms with Gasteiger partial charge in [-0.15, -0.1) is 0 Å². The quantitative estimate of drug-likeness (QED) is 0.680. The number of para-hydroxylation sites is 1. The average Bonchev–Trinajstić information content (AvgIpc) is 2.65. The zero-order valence-electron chi connectivity index (χ0n) is 15.0. The van der Waals surface area contributed by atoms with Gasteiger partial charge >= 0.3 is 5.97 Å². The lowest BCUT2D eigenvalue weighted by molar-refractivity contribution is -0.156. The van der Waals surface area contributed by atoms with E-state index in [1.54, 1.807) is 14.0 Å². The van der Waals surface area contributed by atoms with Gasteiger partial charge in [0.15, 0.2) is 17.6 Å². The topological polar surface area (TPSA) is 54.0 Å². The minimum atomic E-state index is -0.668. The second-order valence-corrected chi connectivity index (χ2v) is 5.60. The summed E-state index contributed by atoms with van der Waals surface area (Å²) in [5, 5.41) is 0. The van der Waals surface area contributed by atoms with Crippen molar-refractivity contribution >= 4 is 5.97 Å². The molecule has 0 radical (unpaired) electrons. The molecule has 0 fully saturated rings. The van der Waals surface area contributed by atoms with Crippen LogP contribution in [0, 0.1) is 0 Å². The molecule has 0 saturated carbocycles. The molecule has 5 heteroatoms. The predicted molar refractivity (Wildman–Crippen MR) is 94.7 cm³/mol.